The number of halogens is 1. The smallest absolute Gasteiger partial charge is 0.232 e. The molecule has 1 aliphatic heterocycles. The lowest BCUT2D eigenvalue weighted by Crippen LogP contribution is -2.50. The van der Waals surface area contributed by atoms with Crippen molar-refractivity contribution in [2.24, 2.45) is 11.7 Å². The van der Waals surface area contributed by atoms with Crippen molar-refractivity contribution in [1.82, 2.24) is 9.80 Å². The van der Waals surface area contributed by atoms with Gasteiger partial charge in [0.25, 0.3) is 0 Å². The van der Waals surface area contributed by atoms with Crippen LogP contribution in [0.15, 0.2) is 0 Å². The normalized spacial score (nSPS) is 23.2. The summed E-state index contributed by atoms with van der Waals surface area (Å²) < 4.78 is 0. The molecule has 2 N–H and O–H groups in total. The van der Waals surface area contributed by atoms with Crippen LogP contribution in [0.1, 0.15) is 26.2 Å². The van der Waals surface area contributed by atoms with Gasteiger partial charge in [-0.3, -0.25) is 9.59 Å². The highest BCUT2D eigenvalue weighted by Gasteiger charge is 2.29. The van der Waals surface area contributed by atoms with Gasteiger partial charge in [-0.05, 0) is 18.8 Å². The van der Waals surface area contributed by atoms with Crippen LogP contribution in [-0.4, -0.2) is 54.8 Å². The van der Waals surface area contributed by atoms with Crippen LogP contribution in [0.3, 0.4) is 0 Å². The van der Waals surface area contributed by atoms with Gasteiger partial charge in [0, 0.05) is 33.2 Å². The Kier molecular flexibility index (Phi) is 7.25. The Hall–Kier alpha value is -0.810. The molecule has 1 rings (SSSR count). The van der Waals surface area contributed by atoms with Crippen molar-refractivity contribution >= 4 is 24.2 Å². The molecule has 2 amide bonds. The summed E-state index contributed by atoms with van der Waals surface area (Å²) >= 11 is 0. The number of piperidine rings is 1. The molecule has 0 aromatic rings. The van der Waals surface area contributed by atoms with Crippen LogP contribution in [0.25, 0.3) is 0 Å². The van der Waals surface area contributed by atoms with E-state index in [2.05, 4.69) is 6.92 Å². The molecular weight excluding hydrogens is 254 g/mol. The summed E-state index contributed by atoms with van der Waals surface area (Å²) in [6, 6.07) is 0.0983. The monoisotopic (exact) mass is 277 g/mol. The van der Waals surface area contributed by atoms with E-state index in [9.17, 15) is 9.59 Å². The van der Waals surface area contributed by atoms with Crippen LogP contribution >= 0.6 is 12.4 Å². The van der Waals surface area contributed by atoms with Gasteiger partial charge in [0.05, 0.1) is 0 Å². The highest BCUT2D eigenvalue weighted by Crippen LogP contribution is 2.22. The maximum absolute atomic E-state index is 12.0. The first-order valence-corrected chi connectivity index (χ1v) is 6.15. The minimum absolute atomic E-state index is 0. The van der Waals surface area contributed by atoms with E-state index in [4.69, 9.17) is 5.73 Å². The largest absolute Gasteiger partial charge is 0.348 e. The number of hydrogen-bond donors (Lipinski definition) is 1. The average molecular weight is 278 g/mol. The Morgan fingerprint density at radius 1 is 1.39 bits per heavy atom. The number of hydrogen-bond acceptors (Lipinski definition) is 3. The number of carbonyl (C=O) groups excluding carboxylic acids is 2. The van der Waals surface area contributed by atoms with Gasteiger partial charge in [-0.15, -0.1) is 12.4 Å². The second-order valence-electron chi connectivity index (χ2n) is 5.07. The minimum atomic E-state index is -0.149. The molecule has 1 saturated heterocycles. The molecule has 18 heavy (non-hydrogen) atoms. The zero-order valence-electron chi connectivity index (χ0n) is 11.4. The Labute approximate surface area is 115 Å². The van der Waals surface area contributed by atoms with E-state index >= 15 is 0 Å². The van der Waals surface area contributed by atoms with Gasteiger partial charge in [0.1, 0.15) is 6.42 Å². The number of carbonyl (C=O) groups is 2. The molecule has 2 atom stereocenters. The zero-order valence-corrected chi connectivity index (χ0v) is 12.2. The molecule has 0 saturated carbocycles. The van der Waals surface area contributed by atoms with Crippen LogP contribution in [0.5, 0.6) is 0 Å². The van der Waals surface area contributed by atoms with Crippen LogP contribution in [-0.2, 0) is 9.59 Å². The zero-order chi connectivity index (χ0) is 13.0. The lowest BCUT2D eigenvalue weighted by molar-refractivity contribution is -0.141. The fraction of sp³-hybridized carbons (Fsp3) is 0.833. The van der Waals surface area contributed by atoms with Gasteiger partial charge in [-0.25, -0.2) is 0 Å². The number of amides is 2. The van der Waals surface area contributed by atoms with Crippen molar-refractivity contribution in [1.29, 1.82) is 0 Å². The summed E-state index contributed by atoms with van der Waals surface area (Å²) in [7, 11) is 3.32. The Balaban J connectivity index is 0.00000289. The Morgan fingerprint density at radius 3 is 2.50 bits per heavy atom. The predicted molar refractivity (Wildman–Crippen MR) is 73.5 cm³/mol. The van der Waals surface area contributed by atoms with Crippen molar-refractivity contribution < 1.29 is 9.59 Å². The number of nitrogens with two attached hydrogens (primary N) is 1. The lowest BCUT2D eigenvalue weighted by Gasteiger charge is -2.38. The number of nitrogens with zero attached hydrogens (tertiary/aromatic N) is 2. The topological polar surface area (TPSA) is 66.6 Å². The van der Waals surface area contributed by atoms with Gasteiger partial charge in [-0.1, -0.05) is 6.92 Å². The first kappa shape index (κ1) is 17.2. The maximum atomic E-state index is 12.0. The van der Waals surface area contributed by atoms with Crippen molar-refractivity contribution in [2.75, 3.05) is 27.2 Å². The van der Waals surface area contributed by atoms with Crippen molar-refractivity contribution in [3.63, 3.8) is 0 Å². The molecule has 0 aromatic heterocycles. The van der Waals surface area contributed by atoms with E-state index in [0.717, 1.165) is 19.4 Å². The summed E-state index contributed by atoms with van der Waals surface area (Å²) in [6.45, 7) is 3.38. The van der Waals surface area contributed by atoms with Crippen molar-refractivity contribution in [2.45, 2.75) is 32.2 Å². The van der Waals surface area contributed by atoms with E-state index < -0.39 is 0 Å². The van der Waals surface area contributed by atoms with Crippen LogP contribution in [0.2, 0.25) is 0 Å². The van der Waals surface area contributed by atoms with E-state index in [-0.39, 0.29) is 36.7 Å². The highest BCUT2D eigenvalue weighted by molar-refractivity contribution is 5.96. The molecule has 0 spiro atoms. The SMILES string of the molecule is CC1CCN(C(=O)CC(=O)N(C)C)C(CN)C1.Cl. The van der Waals surface area contributed by atoms with E-state index in [1.807, 2.05) is 0 Å². The summed E-state index contributed by atoms with van der Waals surface area (Å²) in [5, 5.41) is 0. The van der Waals surface area contributed by atoms with Gasteiger partial charge in [0.2, 0.25) is 11.8 Å². The molecule has 1 fully saturated rings. The third-order valence-corrected chi connectivity index (χ3v) is 3.37. The Morgan fingerprint density at radius 2 is 2.00 bits per heavy atom. The summed E-state index contributed by atoms with van der Waals surface area (Å²) in [6.07, 6.45) is 1.90. The summed E-state index contributed by atoms with van der Waals surface area (Å²) in [5.74, 6) is 0.368. The molecule has 1 heterocycles. The fourth-order valence-corrected chi connectivity index (χ4v) is 2.19. The number of rotatable bonds is 3. The van der Waals surface area contributed by atoms with Crippen LogP contribution < -0.4 is 5.73 Å². The lowest BCUT2D eigenvalue weighted by atomic mass is 9.92. The predicted octanol–water partition coefficient (Wildman–Crippen LogP) is 0.472. The molecule has 1 aliphatic rings. The maximum Gasteiger partial charge on any atom is 0.232 e. The number of likely N-dealkylation sites (tertiary alicyclic amines) is 1. The van der Waals surface area contributed by atoms with Gasteiger partial charge in [0.15, 0.2) is 0 Å². The first-order chi connectivity index (χ1) is 7.95. The third-order valence-electron chi connectivity index (χ3n) is 3.37. The molecule has 0 aliphatic carbocycles. The molecule has 5 nitrogen and oxygen atoms in total. The molecule has 0 bridgehead atoms. The van der Waals surface area contributed by atoms with E-state index in [0.29, 0.717) is 12.5 Å². The second-order valence-corrected chi connectivity index (χ2v) is 5.07. The third kappa shape index (κ3) is 4.46. The molecule has 6 heteroatoms. The molecule has 0 aromatic carbocycles. The first-order valence-electron chi connectivity index (χ1n) is 6.15. The molecule has 106 valence electrons. The van der Waals surface area contributed by atoms with Crippen LogP contribution in [0.4, 0.5) is 0 Å². The molecule has 2 unspecified atom stereocenters. The van der Waals surface area contributed by atoms with Crippen molar-refractivity contribution in [3.8, 4) is 0 Å². The minimum Gasteiger partial charge on any atom is -0.348 e. The van der Waals surface area contributed by atoms with Gasteiger partial charge < -0.3 is 15.5 Å². The molecular formula is C12H24ClN3O2. The standard InChI is InChI=1S/C12H23N3O2.ClH/c1-9-4-5-15(10(6-9)8-13)12(17)7-11(16)14(2)3;/h9-10H,4-8,13H2,1-3H3;1H. The summed E-state index contributed by atoms with van der Waals surface area (Å²) in [4.78, 5) is 26.7. The second kappa shape index (κ2) is 7.59. The van der Waals surface area contributed by atoms with Crippen molar-refractivity contribution in [3.05, 3.63) is 0 Å². The quantitative estimate of drug-likeness (QED) is 0.763. The Bertz CT molecular complexity index is 297. The van der Waals surface area contributed by atoms with Crippen LogP contribution in [0, 0.1) is 5.92 Å². The molecule has 0 radical (unpaired) electrons. The summed E-state index contributed by atoms with van der Waals surface area (Å²) in [5.41, 5.74) is 5.70. The fourth-order valence-electron chi connectivity index (χ4n) is 2.19. The van der Waals surface area contributed by atoms with Gasteiger partial charge in [-0.2, -0.15) is 0 Å². The van der Waals surface area contributed by atoms with E-state index in [1.165, 1.54) is 4.90 Å². The average Bonchev–Trinajstić information content (AvgIpc) is 2.28. The van der Waals surface area contributed by atoms with Gasteiger partial charge >= 0.3 is 0 Å². The highest BCUT2D eigenvalue weighted by atomic mass is 35.5. The van der Waals surface area contributed by atoms with E-state index in [1.54, 1.807) is 19.0 Å².